The van der Waals surface area contributed by atoms with Crippen LogP contribution in [0.4, 0.5) is 0 Å². The Labute approximate surface area is 90.0 Å². The van der Waals surface area contributed by atoms with Crippen LogP contribution < -0.4 is 11.5 Å². The fourth-order valence-corrected chi connectivity index (χ4v) is 3.18. The van der Waals surface area contributed by atoms with Crippen molar-refractivity contribution in [2.75, 3.05) is 5.75 Å². The molecule has 0 saturated carbocycles. The number of thioether (sulfide) groups is 1. The van der Waals surface area contributed by atoms with Gasteiger partial charge in [-0.05, 0) is 19.8 Å². The molecule has 0 aromatic heterocycles. The SMILES string of the molecule is CC(=O)CCCCC1SCC(N)C1N. The molecule has 82 valence electrons. The Kier molecular flexibility index (Phi) is 4.92. The van der Waals surface area contributed by atoms with Gasteiger partial charge < -0.3 is 16.3 Å². The lowest BCUT2D eigenvalue weighted by Gasteiger charge is -2.16. The number of rotatable bonds is 5. The van der Waals surface area contributed by atoms with Crippen LogP contribution in [0.5, 0.6) is 0 Å². The summed E-state index contributed by atoms with van der Waals surface area (Å²) >= 11 is 1.88. The van der Waals surface area contributed by atoms with Crippen molar-refractivity contribution < 1.29 is 4.79 Å². The van der Waals surface area contributed by atoms with Gasteiger partial charge in [0.25, 0.3) is 0 Å². The average Bonchev–Trinajstić information content (AvgIpc) is 2.43. The molecule has 0 aliphatic carbocycles. The first-order valence-corrected chi connectivity index (χ1v) is 6.28. The highest BCUT2D eigenvalue weighted by Gasteiger charge is 2.30. The Morgan fingerprint density at radius 1 is 1.43 bits per heavy atom. The Hall–Kier alpha value is -0.0600. The minimum atomic E-state index is 0.150. The molecule has 1 saturated heterocycles. The van der Waals surface area contributed by atoms with E-state index in [0.29, 0.717) is 11.7 Å². The van der Waals surface area contributed by atoms with Crippen LogP contribution in [-0.4, -0.2) is 28.9 Å². The first kappa shape index (κ1) is 12.0. The monoisotopic (exact) mass is 216 g/mol. The summed E-state index contributed by atoms with van der Waals surface area (Å²) in [6.07, 6.45) is 3.90. The third kappa shape index (κ3) is 3.59. The van der Waals surface area contributed by atoms with Crippen LogP contribution in [0.15, 0.2) is 0 Å². The second-order valence-electron chi connectivity index (χ2n) is 4.06. The Balaban J connectivity index is 2.10. The van der Waals surface area contributed by atoms with Crippen LogP contribution in [-0.2, 0) is 4.79 Å². The van der Waals surface area contributed by atoms with Crippen molar-refractivity contribution in [2.45, 2.75) is 49.9 Å². The van der Waals surface area contributed by atoms with E-state index in [4.69, 9.17) is 11.5 Å². The minimum Gasteiger partial charge on any atom is -0.326 e. The number of hydrogen-bond donors (Lipinski definition) is 2. The zero-order valence-electron chi connectivity index (χ0n) is 8.74. The molecule has 0 amide bonds. The highest BCUT2D eigenvalue weighted by molar-refractivity contribution is 8.00. The molecule has 1 aliphatic rings. The van der Waals surface area contributed by atoms with Crippen LogP contribution in [0.1, 0.15) is 32.6 Å². The quantitative estimate of drug-likeness (QED) is 0.670. The maximum Gasteiger partial charge on any atom is 0.129 e. The summed E-state index contributed by atoms with van der Waals surface area (Å²) in [5.41, 5.74) is 11.8. The Bertz CT molecular complexity index is 199. The van der Waals surface area contributed by atoms with E-state index >= 15 is 0 Å². The normalized spacial score (nSPS) is 32.1. The summed E-state index contributed by atoms with van der Waals surface area (Å²) in [7, 11) is 0. The highest BCUT2D eigenvalue weighted by Crippen LogP contribution is 2.28. The van der Waals surface area contributed by atoms with Crippen molar-refractivity contribution in [1.29, 1.82) is 0 Å². The van der Waals surface area contributed by atoms with E-state index in [1.165, 1.54) is 0 Å². The van der Waals surface area contributed by atoms with Gasteiger partial charge in [-0.1, -0.05) is 6.42 Å². The first-order chi connectivity index (χ1) is 6.61. The predicted molar refractivity (Wildman–Crippen MR) is 61.3 cm³/mol. The van der Waals surface area contributed by atoms with Crippen molar-refractivity contribution in [3.05, 3.63) is 0 Å². The first-order valence-electron chi connectivity index (χ1n) is 5.23. The molecule has 4 N–H and O–H groups in total. The Morgan fingerprint density at radius 2 is 2.14 bits per heavy atom. The summed E-state index contributed by atoms with van der Waals surface area (Å²) < 4.78 is 0. The van der Waals surface area contributed by atoms with Gasteiger partial charge in [0.15, 0.2) is 0 Å². The van der Waals surface area contributed by atoms with Crippen LogP contribution in [0.2, 0.25) is 0 Å². The third-order valence-corrected chi connectivity index (χ3v) is 4.25. The lowest BCUT2D eigenvalue weighted by Crippen LogP contribution is -2.43. The summed E-state index contributed by atoms with van der Waals surface area (Å²) in [6, 6.07) is 0.315. The van der Waals surface area contributed by atoms with Gasteiger partial charge >= 0.3 is 0 Å². The van der Waals surface area contributed by atoms with Crippen molar-refractivity contribution in [3.8, 4) is 0 Å². The molecular weight excluding hydrogens is 196 g/mol. The lowest BCUT2D eigenvalue weighted by atomic mass is 10.0. The number of Topliss-reactive ketones (excluding diaryl/α,β-unsaturated/α-hetero) is 1. The molecule has 14 heavy (non-hydrogen) atoms. The van der Waals surface area contributed by atoms with Crippen LogP contribution >= 0.6 is 11.8 Å². The number of carbonyl (C=O) groups is 1. The molecule has 0 bridgehead atoms. The maximum atomic E-state index is 10.7. The molecule has 0 spiro atoms. The van der Waals surface area contributed by atoms with Gasteiger partial charge in [-0.2, -0.15) is 11.8 Å². The molecule has 3 nitrogen and oxygen atoms in total. The fraction of sp³-hybridized carbons (Fsp3) is 0.900. The molecular formula is C10H20N2OS. The fourth-order valence-electron chi connectivity index (χ4n) is 1.73. The molecule has 1 rings (SSSR count). The van der Waals surface area contributed by atoms with E-state index in [1.807, 2.05) is 11.8 Å². The zero-order valence-corrected chi connectivity index (χ0v) is 9.56. The van der Waals surface area contributed by atoms with E-state index in [9.17, 15) is 4.79 Å². The van der Waals surface area contributed by atoms with Crippen LogP contribution in [0, 0.1) is 0 Å². The third-order valence-electron chi connectivity index (χ3n) is 2.69. The largest absolute Gasteiger partial charge is 0.326 e. The van der Waals surface area contributed by atoms with Gasteiger partial charge in [-0.15, -0.1) is 0 Å². The molecule has 0 aromatic rings. The van der Waals surface area contributed by atoms with Crippen LogP contribution in [0.3, 0.4) is 0 Å². The smallest absolute Gasteiger partial charge is 0.129 e. The van der Waals surface area contributed by atoms with Crippen LogP contribution in [0.25, 0.3) is 0 Å². The second kappa shape index (κ2) is 5.73. The lowest BCUT2D eigenvalue weighted by molar-refractivity contribution is -0.117. The standard InChI is InChI=1S/C10H20N2OS/c1-7(13)4-2-3-5-9-10(12)8(11)6-14-9/h8-10H,2-6,11-12H2,1H3. The number of ketones is 1. The van der Waals surface area contributed by atoms with E-state index in [2.05, 4.69) is 0 Å². The average molecular weight is 216 g/mol. The van der Waals surface area contributed by atoms with E-state index in [-0.39, 0.29) is 17.9 Å². The van der Waals surface area contributed by atoms with Gasteiger partial charge in [-0.3, -0.25) is 0 Å². The van der Waals surface area contributed by atoms with E-state index in [1.54, 1.807) is 6.92 Å². The number of hydrogen-bond acceptors (Lipinski definition) is 4. The van der Waals surface area contributed by atoms with Gasteiger partial charge in [-0.25, -0.2) is 0 Å². The summed E-state index contributed by atoms with van der Waals surface area (Å²) in [5, 5.41) is 0.511. The number of nitrogens with two attached hydrogens (primary N) is 2. The van der Waals surface area contributed by atoms with Crippen molar-refractivity contribution in [3.63, 3.8) is 0 Å². The summed E-state index contributed by atoms with van der Waals surface area (Å²) in [6.45, 7) is 1.64. The maximum absolute atomic E-state index is 10.7. The molecule has 1 aliphatic heterocycles. The van der Waals surface area contributed by atoms with Gasteiger partial charge in [0.05, 0.1) is 0 Å². The topological polar surface area (TPSA) is 69.1 Å². The molecule has 3 unspecified atom stereocenters. The Morgan fingerprint density at radius 3 is 2.64 bits per heavy atom. The molecule has 3 atom stereocenters. The van der Waals surface area contributed by atoms with Gasteiger partial charge in [0.2, 0.25) is 0 Å². The van der Waals surface area contributed by atoms with Gasteiger partial charge in [0, 0.05) is 29.5 Å². The highest BCUT2D eigenvalue weighted by atomic mass is 32.2. The zero-order chi connectivity index (χ0) is 10.6. The number of carbonyl (C=O) groups excluding carboxylic acids is 1. The second-order valence-corrected chi connectivity index (χ2v) is 5.33. The van der Waals surface area contributed by atoms with Crippen molar-refractivity contribution in [2.24, 2.45) is 11.5 Å². The predicted octanol–water partition coefficient (Wildman–Crippen LogP) is 0.906. The van der Waals surface area contributed by atoms with Crippen molar-refractivity contribution in [1.82, 2.24) is 0 Å². The molecule has 1 heterocycles. The summed E-state index contributed by atoms with van der Waals surface area (Å²) in [5.74, 6) is 1.27. The van der Waals surface area contributed by atoms with E-state index < -0.39 is 0 Å². The van der Waals surface area contributed by atoms with E-state index in [0.717, 1.165) is 25.0 Å². The van der Waals surface area contributed by atoms with Gasteiger partial charge in [0.1, 0.15) is 5.78 Å². The number of unbranched alkanes of at least 4 members (excludes halogenated alkanes) is 1. The molecule has 4 heteroatoms. The molecule has 0 aromatic carbocycles. The van der Waals surface area contributed by atoms with Crippen molar-refractivity contribution >= 4 is 17.5 Å². The summed E-state index contributed by atoms with van der Waals surface area (Å²) in [4.78, 5) is 10.7. The molecule has 0 radical (unpaired) electrons. The minimum absolute atomic E-state index is 0.150. The molecule has 1 fully saturated rings.